The minimum Gasteiger partial charge on any atom is -0.481 e. The number of halogens is 2. The number of anilines is 1. The second-order valence-electron chi connectivity index (χ2n) is 11.4. The van der Waals surface area contributed by atoms with E-state index in [1.807, 2.05) is 35.9 Å². The van der Waals surface area contributed by atoms with Crippen LogP contribution in [0.15, 0.2) is 42.6 Å². The largest absolute Gasteiger partial charge is 0.481 e. The minimum absolute atomic E-state index is 0.0450. The molecule has 1 amide bonds. The van der Waals surface area contributed by atoms with Crippen molar-refractivity contribution in [3.05, 3.63) is 64.6 Å². The van der Waals surface area contributed by atoms with Crippen LogP contribution in [0.5, 0.6) is 0 Å². The van der Waals surface area contributed by atoms with Crippen LogP contribution in [0.25, 0.3) is 10.9 Å². The zero-order valence-corrected chi connectivity index (χ0v) is 24.9. The Morgan fingerprint density at radius 2 is 1.84 bits per heavy atom. The predicted molar refractivity (Wildman–Crippen MR) is 161 cm³/mol. The Kier molecular flexibility index (Phi) is 10.1. The monoisotopic (exact) mass is 613 g/mol. The average molecular weight is 614 g/mol. The highest BCUT2D eigenvalue weighted by Gasteiger charge is 2.31. The maximum atomic E-state index is 15.0. The smallest absolute Gasteiger partial charge is 0.306 e. The van der Waals surface area contributed by atoms with E-state index in [1.54, 1.807) is 6.20 Å². The Bertz CT molecular complexity index is 1480. The van der Waals surface area contributed by atoms with Crippen LogP contribution in [0.3, 0.4) is 0 Å². The average Bonchev–Trinajstić information content (AvgIpc) is 3.64. The number of ketones is 1. The normalized spacial score (nSPS) is 19.9. The molecular formula is C32H37ClFN3O6. The van der Waals surface area contributed by atoms with Gasteiger partial charge in [0.15, 0.2) is 5.78 Å². The van der Waals surface area contributed by atoms with E-state index in [2.05, 4.69) is 10.2 Å². The number of benzene rings is 2. The highest BCUT2D eigenvalue weighted by Crippen LogP contribution is 2.30. The number of carboxylic acid groups (broad SMARTS) is 1. The lowest BCUT2D eigenvalue weighted by atomic mass is 9.87. The number of ether oxygens (including phenoxy) is 2. The predicted octanol–water partition coefficient (Wildman–Crippen LogP) is 5.43. The molecule has 43 heavy (non-hydrogen) atoms. The molecule has 2 heterocycles. The Morgan fingerprint density at radius 1 is 1.12 bits per heavy atom. The first-order valence-corrected chi connectivity index (χ1v) is 15.1. The number of likely N-dealkylation sites (tertiary alicyclic amines) is 1. The second kappa shape index (κ2) is 14.0. The summed E-state index contributed by atoms with van der Waals surface area (Å²) in [7, 11) is 1.84. The van der Waals surface area contributed by atoms with Gasteiger partial charge in [0.05, 0.1) is 34.9 Å². The summed E-state index contributed by atoms with van der Waals surface area (Å²) in [4.78, 5) is 39.2. The molecule has 230 valence electrons. The summed E-state index contributed by atoms with van der Waals surface area (Å²) in [6.45, 7) is 1.72. The van der Waals surface area contributed by atoms with E-state index in [-0.39, 0.29) is 59.9 Å². The molecule has 1 atom stereocenters. The zero-order valence-electron chi connectivity index (χ0n) is 24.2. The Morgan fingerprint density at radius 3 is 2.56 bits per heavy atom. The van der Waals surface area contributed by atoms with Crippen LogP contribution in [0.2, 0.25) is 5.02 Å². The molecule has 0 radical (unpaired) electrons. The minimum atomic E-state index is -0.755. The fourth-order valence-electron chi connectivity index (χ4n) is 6.00. The molecule has 5 rings (SSSR count). The Labute approximate surface area is 254 Å². The zero-order chi connectivity index (χ0) is 30.5. The third kappa shape index (κ3) is 7.62. The second-order valence-corrected chi connectivity index (χ2v) is 11.8. The molecule has 1 saturated heterocycles. The summed E-state index contributed by atoms with van der Waals surface area (Å²) >= 11 is 6.39. The van der Waals surface area contributed by atoms with Gasteiger partial charge in [0.1, 0.15) is 18.7 Å². The molecule has 2 aliphatic rings. The standard InChI is InChI=1S/C32H37ClFN3O6/c1-36-17-25(24-6-2-3-7-29(24)36)31(39)35-28-16-27(34)21(15-26(28)33)14-22(38)18-42-19-30(37-12-4-5-13-37)43-23-10-8-20(9-11-23)32(40)41/h2-3,6-7,15-17,20,23,30H,4-5,8-14,18-19H2,1H3,(H,35,39)(H,40,41)/t20-,23-,30?. The van der Waals surface area contributed by atoms with Crippen molar-refractivity contribution in [3.63, 3.8) is 0 Å². The van der Waals surface area contributed by atoms with E-state index in [9.17, 15) is 19.5 Å². The molecule has 11 heteroatoms. The lowest BCUT2D eigenvalue weighted by Crippen LogP contribution is -2.42. The third-order valence-electron chi connectivity index (χ3n) is 8.36. The highest BCUT2D eigenvalue weighted by atomic mass is 35.5. The van der Waals surface area contributed by atoms with Crippen molar-refractivity contribution >= 4 is 45.9 Å². The Balaban J connectivity index is 1.14. The van der Waals surface area contributed by atoms with E-state index in [4.69, 9.17) is 21.1 Å². The summed E-state index contributed by atoms with van der Waals surface area (Å²) in [5.74, 6) is -2.46. The quantitative estimate of drug-likeness (QED) is 0.280. The van der Waals surface area contributed by atoms with Gasteiger partial charge in [-0.05, 0) is 62.3 Å². The molecule has 1 saturated carbocycles. The lowest BCUT2D eigenvalue weighted by molar-refractivity contribution is -0.151. The third-order valence-corrected chi connectivity index (χ3v) is 8.67. The van der Waals surface area contributed by atoms with Crippen molar-refractivity contribution in [2.75, 3.05) is 31.6 Å². The fraction of sp³-hybridized carbons (Fsp3) is 0.469. The van der Waals surface area contributed by atoms with Gasteiger partial charge in [-0.25, -0.2) is 4.39 Å². The number of para-hydroxylation sites is 1. The molecular weight excluding hydrogens is 577 g/mol. The molecule has 2 fully saturated rings. The van der Waals surface area contributed by atoms with E-state index < -0.39 is 17.7 Å². The molecule has 3 aromatic rings. The first kappa shape index (κ1) is 31.1. The molecule has 2 aromatic carbocycles. The number of hydrogen-bond donors (Lipinski definition) is 2. The van der Waals surface area contributed by atoms with Crippen LogP contribution in [-0.4, -0.2) is 70.9 Å². The van der Waals surface area contributed by atoms with Gasteiger partial charge in [-0.3, -0.25) is 19.3 Å². The van der Waals surface area contributed by atoms with Crippen molar-refractivity contribution < 1.29 is 33.4 Å². The molecule has 2 N–H and O–H groups in total. The molecule has 9 nitrogen and oxygen atoms in total. The molecule has 1 aliphatic carbocycles. The summed E-state index contributed by atoms with van der Waals surface area (Å²) in [5.41, 5.74) is 1.56. The van der Waals surface area contributed by atoms with Crippen molar-refractivity contribution in [1.82, 2.24) is 9.47 Å². The maximum Gasteiger partial charge on any atom is 0.306 e. The molecule has 1 aliphatic heterocycles. The van der Waals surface area contributed by atoms with Crippen molar-refractivity contribution in [2.24, 2.45) is 13.0 Å². The number of rotatable bonds is 12. The number of Topliss-reactive ketones (excluding diaryl/α,β-unsaturated/α-hetero) is 1. The van der Waals surface area contributed by atoms with Gasteiger partial charge in [-0.15, -0.1) is 0 Å². The number of nitrogens with zero attached hydrogens (tertiary/aromatic N) is 2. The van der Waals surface area contributed by atoms with Gasteiger partial charge in [0.2, 0.25) is 0 Å². The molecule has 0 bridgehead atoms. The van der Waals surface area contributed by atoms with Gasteiger partial charge in [-0.2, -0.15) is 0 Å². The van der Waals surface area contributed by atoms with Gasteiger partial charge in [-0.1, -0.05) is 29.8 Å². The summed E-state index contributed by atoms with van der Waals surface area (Å²) in [6, 6.07) is 9.97. The van der Waals surface area contributed by atoms with Crippen molar-refractivity contribution in [3.8, 4) is 0 Å². The van der Waals surface area contributed by atoms with Crippen LogP contribution in [0.4, 0.5) is 10.1 Å². The number of hydrogen-bond acceptors (Lipinski definition) is 6. The first-order valence-electron chi connectivity index (χ1n) is 14.7. The Hall–Kier alpha value is -3.31. The van der Waals surface area contributed by atoms with Crippen LogP contribution < -0.4 is 5.32 Å². The number of aryl methyl sites for hydroxylation is 1. The van der Waals surface area contributed by atoms with Crippen LogP contribution in [0.1, 0.15) is 54.4 Å². The van der Waals surface area contributed by atoms with Crippen LogP contribution in [-0.2, 0) is 32.5 Å². The molecule has 0 spiro atoms. The molecule has 1 aromatic heterocycles. The van der Waals surface area contributed by atoms with Crippen molar-refractivity contribution in [1.29, 1.82) is 0 Å². The van der Waals surface area contributed by atoms with E-state index in [0.29, 0.717) is 31.2 Å². The number of fused-ring (bicyclic) bond motifs is 1. The van der Waals surface area contributed by atoms with Gasteiger partial charge in [0.25, 0.3) is 5.91 Å². The molecule has 1 unspecified atom stereocenters. The SMILES string of the molecule is Cn1cc(C(=O)Nc2cc(F)c(CC(=O)COCC(O[C@H]3CC[C@H](C(=O)O)CC3)N3CCCC3)cc2Cl)c2ccccc21. The number of carboxylic acids is 1. The number of carbonyl (C=O) groups is 3. The lowest BCUT2D eigenvalue weighted by Gasteiger charge is -2.34. The summed E-state index contributed by atoms with van der Waals surface area (Å²) < 4.78 is 28.9. The summed E-state index contributed by atoms with van der Waals surface area (Å²) in [6.07, 6.45) is 5.78. The van der Waals surface area contributed by atoms with E-state index in [0.717, 1.165) is 42.9 Å². The first-order chi connectivity index (χ1) is 20.7. The van der Waals surface area contributed by atoms with E-state index >= 15 is 4.39 Å². The number of aromatic nitrogens is 1. The summed E-state index contributed by atoms with van der Waals surface area (Å²) in [5, 5.41) is 12.8. The highest BCUT2D eigenvalue weighted by molar-refractivity contribution is 6.34. The number of nitrogens with one attached hydrogen (secondary N) is 1. The van der Waals surface area contributed by atoms with Crippen molar-refractivity contribution in [2.45, 2.75) is 57.3 Å². The van der Waals surface area contributed by atoms with Gasteiger partial charge in [0, 0.05) is 43.7 Å². The fourth-order valence-corrected chi connectivity index (χ4v) is 6.23. The number of carbonyl (C=O) groups excluding carboxylic acids is 2. The van der Waals surface area contributed by atoms with Crippen LogP contribution in [0, 0.1) is 11.7 Å². The number of amides is 1. The van der Waals surface area contributed by atoms with Gasteiger partial charge >= 0.3 is 5.97 Å². The maximum absolute atomic E-state index is 15.0. The van der Waals surface area contributed by atoms with Gasteiger partial charge < -0.3 is 24.5 Å². The topological polar surface area (TPSA) is 110 Å². The van der Waals surface area contributed by atoms with E-state index in [1.165, 1.54) is 6.07 Å². The number of aliphatic carboxylic acids is 1. The van der Waals surface area contributed by atoms with Crippen LogP contribution >= 0.6 is 11.6 Å².